The molecule has 0 saturated carbocycles. The summed E-state index contributed by atoms with van der Waals surface area (Å²) < 4.78 is 30.7. The molecule has 0 aliphatic heterocycles. The fourth-order valence-corrected chi connectivity index (χ4v) is 4.07. The summed E-state index contributed by atoms with van der Waals surface area (Å²) in [6.07, 6.45) is 4.55. The molecule has 9 heteroatoms. The van der Waals surface area contributed by atoms with Gasteiger partial charge in [0.05, 0.1) is 25.3 Å². The average Bonchev–Trinajstić information content (AvgIpc) is 2.68. The van der Waals surface area contributed by atoms with Crippen LogP contribution in [0.5, 0.6) is 5.75 Å². The summed E-state index contributed by atoms with van der Waals surface area (Å²) in [5, 5.41) is 3.93. The molecule has 0 radical (unpaired) electrons. The molecular formula is C19H23N3O4S2. The van der Waals surface area contributed by atoms with Crippen LogP contribution in [0.4, 0.5) is 5.69 Å². The fourth-order valence-electron chi connectivity index (χ4n) is 2.49. The monoisotopic (exact) mass is 421 g/mol. The highest BCUT2D eigenvalue weighted by molar-refractivity contribution is 7.98. The number of nitrogens with zero attached hydrogens (tertiary/aromatic N) is 2. The Hall–Kier alpha value is -2.52. The van der Waals surface area contributed by atoms with Gasteiger partial charge in [0.25, 0.3) is 5.91 Å². The second-order valence-electron chi connectivity index (χ2n) is 5.94. The van der Waals surface area contributed by atoms with Crippen LogP contribution in [0.2, 0.25) is 0 Å². The van der Waals surface area contributed by atoms with E-state index in [2.05, 4.69) is 10.5 Å². The van der Waals surface area contributed by atoms with Gasteiger partial charge >= 0.3 is 0 Å². The van der Waals surface area contributed by atoms with Gasteiger partial charge in [-0.2, -0.15) is 5.10 Å². The lowest BCUT2D eigenvalue weighted by atomic mass is 10.2. The van der Waals surface area contributed by atoms with Crippen molar-refractivity contribution >= 4 is 39.6 Å². The van der Waals surface area contributed by atoms with Gasteiger partial charge in [-0.15, -0.1) is 11.8 Å². The smallest absolute Gasteiger partial charge is 0.263 e. The number of anilines is 1. The van der Waals surface area contributed by atoms with Crippen LogP contribution in [0.1, 0.15) is 12.5 Å². The van der Waals surface area contributed by atoms with E-state index in [0.717, 1.165) is 21.0 Å². The minimum Gasteiger partial charge on any atom is -0.497 e. The summed E-state index contributed by atoms with van der Waals surface area (Å²) in [5.41, 5.74) is 3.58. The third-order valence-corrected chi connectivity index (χ3v) is 5.90. The Labute approximate surface area is 169 Å². The zero-order valence-corrected chi connectivity index (χ0v) is 17.8. The molecule has 28 heavy (non-hydrogen) atoms. The van der Waals surface area contributed by atoms with Gasteiger partial charge in [0.2, 0.25) is 10.0 Å². The summed E-state index contributed by atoms with van der Waals surface area (Å²) >= 11 is 1.63. The first-order chi connectivity index (χ1) is 13.3. The standard InChI is InChI=1S/C19H23N3O4S2/c1-14(19(23)21-20-13-15-5-11-18(27-3)12-6-15)22(28(4,24)25)16-7-9-17(26-2)10-8-16/h5-14H,1-4H3,(H,21,23)/b20-13-/t14-/m1/s1. The molecule has 0 unspecified atom stereocenters. The summed E-state index contributed by atoms with van der Waals surface area (Å²) in [7, 11) is -2.17. The molecule has 0 aromatic heterocycles. The number of sulfonamides is 1. The first-order valence-electron chi connectivity index (χ1n) is 8.36. The van der Waals surface area contributed by atoms with Crippen molar-refractivity contribution in [3.63, 3.8) is 0 Å². The van der Waals surface area contributed by atoms with E-state index in [4.69, 9.17) is 4.74 Å². The van der Waals surface area contributed by atoms with E-state index in [1.54, 1.807) is 36.0 Å². The van der Waals surface area contributed by atoms with Gasteiger partial charge in [0, 0.05) is 4.90 Å². The lowest BCUT2D eigenvalue weighted by molar-refractivity contribution is -0.121. The number of ether oxygens (including phenoxy) is 1. The van der Waals surface area contributed by atoms with Gasteiger partial charge in [-0.05, 0) is 55.1 Å². The van der Waals surface area contributed by atoms with Gasteiger partial charge in [-0.1, -0.05) is 12.1 Å². The number of amides is 1. The molecule has 0 saturated heterocycles. The number of carbonyl (C=O) groups is 1. The molecule has 1 atom stereocenters. The lowest BCUT2D eigenvalue weighted by Gasteiger charge is -2.27. The highest BCUT2D eigenvalue weighted by atomic mass is 32.2. The van der Waals surface area contributed by atoms with Crippen LogP contribution in [0.25, 0.3) is 0 Å². The van der Waals surface area contributed by atoms with Crippen LogP contribution in [0, 0.1) is 0 Å². The number of nitrogens with one attached hydrogen (secondary N) is 1. The van der Waals surface area contributed by atoms with Crippen molar-refractivity contribution in [3.8, 4) is 5.75 Å². The van der Waals surface area contributed by atoms with E-state index in [0.29, 0.717) is 11.4 Å². The summed E-state index contributed by atoms with van der Waals surface area (Å²) in [6.45, 7) is 1.50. The maximum Gasteiger partial charge on any atom is 0.263 e. The quantitative estimate of drug-likeness (QED) is 0.402. The van der Waals surface area contributed by atoms with E-state index >= 15 is 0 Å². The van der Waals surface area contributed by atoms with Gasteiger partial charge in [-0.25, -0.2) is 13.8 Å². The van der Waals surface area contributed by atoms with Crippen LogP contribution in [-0.4, -0.2) is 46.2 Å². The van der Waals surface area contributed by atoms with E-state index < -0.39 is 22.0 Å². The average molecular weight is 422 g/mol. The zero-order valence-electron chi connectivity index (χ0n) is 16.1. The first-order valence-corrected chi connectivity index (χ1v) is 11.4. The molecule has 0 aliphatic carbocycles. The van der Waals surface area contributed by atoms with Crippen LogP contribution in [-0.2, 0) is 14.8 Å². The first kappa shape index (κ1) is 21.8. The van der Waals surface area contributed by atoms with Gasteiger partial charge in [0.1, 0.15) is 11.8 Å². The Kier molecular flexibility index (Phi) is 7.47. The van der Waals surface area contributed by atoms with Crippen LogP contribution in [0.15, 0.2) is 58.5 Å². The number of hydrogen-bond acceptors (Lipinski definition) is 6. The third-order valence-electron chi connectivity index (χ3n) is 3.92. The molecule has 0 spiro atoms. The second-order valence-corrected chi connectivity index (χ2v) is 8.68. The number of benzene rings is 2. The van der Waals surface area contributed by atoms with Gasteiger partial charge in [-0.3, -0.25) is 9.10 Å². The highest BCUT2D eigenvalue weighted by Crippen LogP contribution is 2.23. The molecule has 1 N–H and O–H groups in total. The van der Waals surface area contributed by atoms with E-state index in [1.807, 2.05) is 30.5 Å². The summed E-state index contributed by atoms with van der Waals surface area (Å²) in [6, 6.07) is 13.1. The van der Waals surface area contributed by atoms with Crippen molar-refractivity contribution in [2.45, 2.75) is 17.9 Å². The summed E-state index contributed by atoms with van der Waals surface area (Å²) in [5.74, 6) is 0.0459. The second kappa shape index (κ2) is 9.61. The van der Waals surface area contributed by atoms with Gasteiger partial charge in [0.15, 0.2) is 0 Å². The number of thioether (sulfide) groups is 1. The number of methoxy groups -OCH3 is 1. The van der Waals surface area contributed by atoms with Crippen molar-refractivity contribution in [1.29, 1.82) is 0 Å². The van der Waals surface area contributed by atoms with E-state index in [9.17, 15) is 13.2 Å². The van der Waals surface area contributed by atoms with Crippen LogP contribution in [0.3, 0.4) is 0 Å². The van der Waals surface area contributed by atoms with Crippen molar-refractivity contribution in [2.75, 3.05) is 23.9 Å². The number of carbonyl (C=O) groups excluding carboxylic acids is 1. The maximum absolute atomic E-state index is 12.5. The van der Waals surface area contributed by atoms with Crippen molar-refractivity contribution in [1.82, 2.24) is 5.43 Å². The van der Waals surface area contributed by atoms with Crippen LogP contribution >= 0.6 is 11.8 Å². The zero-order chi connectivity index (χ0) is 20.7. The number of hydrogen-bond donors (Lipinski definition) is 1. The van der Waals surface area contributed by atoms with Crippen molar-refractivity contribution in [3.05, 3.63) is 54.1 Å². The largest absolute Gasteiger partial charge is 0.497 e. The lowest BCUT2D eigenvalue weighted by Crippen LogP contribution is -2.46. The molecule has 0 fully saturated rings. The molecule has 2 aromatic rings. The molecule has 2 rings (SSSR count). The maximum atomic E-state index is 12.5. The molecule has 0 aliphatic rings. The van der Waals surface area contributed by atoms with E-state index in [1.165, 1.54) is 20.2 Å². The molecule has 2 aromatic carbocycles. The van der Waals surface area contributed by atoms with Crippen molar-refractivity contribution in [2.24, 2.45) is 5.10 Å². The molecular weight excluding hydrogens is 398 g/mol. The predicted molar refractivity (Wildman–Crippen MR) is 114 cm³/mol. The Morgan fingerprint density at radius 2 is 1.79 bits per heavy atom. The Morgan fingerprint density at radius 1 is 1.18 bits per heavy atom. The Morgan fingerprint density at radius 3 is 2.29 bits per heavy atom. The topological polar surface area (TPSA) is 88.1 Å². The molecule has 0 heterocycles. The molecule has 1 amide bonds. The van der Waals surface area contributed by atoms with E-state index in [-0.39, 0.29) is 0 Å². The van der Waals surface area contributed by atoms with Gasteiger partial charge < -0.3 is 4.74 Å². The SMILES string of the molecule is COc1ccc(N([C@H](C)C(=O)N/N=C\c2ccc(SC)cc2)S(C)(=O)=O)cc1. The minimum atomic E-state index is -3.69. The molecule has 150 valence electrons. The highest BCUT2D eigenvalue weighted by Gasteiger charge is 2.29. The predicted octanol–water partition coefficient (Wildman–Crippen LogP) is 2.72. The Bertz CT molecular complexity index is 927. The fraction of sp³-hybridized carbons (Fsp3) is 0.263. The third kappa shape index (κ3) is 5.74. The molecule has 7 nitrogen and oxygen atoms in total. The minimum absolute atomic E-state index is 0.364. The number of hydrazone groups is 1. The summed E-state index contributed by atoms with van der Waals surface area (Å²) in [4.78, 5) is 13.6. The van der Waals surface area contributed by atoms with Crippen LogP contribution < -0.4 is 14.5 Å². The normalized spacial score (nSPS) is 12.6. The Balaban J connectivity index is 2.13. The van der Waals surface area contributed by atoms with Crippen molar-refractivity contribution < 1.29 is 17.9 Å². The molecule has 0 bridgehead atoms. The number of rotatable bonds is 8.